The van der Waals surface area contributed by atoms with Crippen LogP contribution in [-0.4, -0.2) is 32.1 Å². The SMILES string of the molecule is C=CCOc1ccc(N2CC(C(=O)OC)CC2=O)cc1. The number of carbonyl (C=O) groups is 2. The summed E-state index contributed by atoms with van der Waals surface area (Å²) in [6.07, 6.45) is 1.86. The Hall–Kier alpha value is -2.30. The van der Waals surface area contributed by atoms with Crippen LogP contribution in [0.1, 0.15) is 6.42 Å². The Morgan fingerprint density at radius 1 is 1.45 bits per heavy atom. The number of amides is 1. The van der Waals surface area contributed by atoms with E-state index in [-0.39, 0.29) is 24.2 Å². The maximum atomic E-state index is 11.9. The van der Waals surface area contributed by atoms with Crippen molar-refractivity contribution >= 4 is 17.6 Å². The molecule has 0 spiro atoms. The molecule has 1 aromatic rings. The maximum absolute atomic E-state index is 11.9. The third-order valence-corrected chi connectivity index (χ3v) is 3.18. The van der Waals surface area contributed by atoms with Crippen molar-refractivity contribution in [3.05, 3.63) is 36.9 Å². The smallest absolute Gasteiger partial charge is 0.311 e. The van der Waals surface area contributed by atoms with Crippen molar-refractivity contribution < 1.29 is 19.1 Å². The maximum Gasteiger partial charge on any atom is 0.311 e. The standard InChI is InChI=1S/C15H17NO4/c1-3-8-20-13-6-4-12(5-7-13)16-10-11(9-14(16)17)15(18)19-2/h3-7,11H,1,8-10H2,2H3. The van der Waals surface area contributed by atoms with E-state index in [1.807, 2.05) is 0 Å². The molecule has 1 amide bonds. The molecule has 5 nitrogen and oxygen atoms in total. The van der Waals surface area contributed by atoms with Gasteiger partial charge in [0.25, 0.3) is 0 Å². The molecule has 0 saturated carbocycles. The van der Waals surface area contributed by atoms with Crippen molar-refractivity contribution in [1.82, 2.24) is 0 Å². The highest BCUT2D eigenvalue weighted by atomic mass is 16.5. The number of esters is 1. The van der Waals surface area contributed by atoms with E-state index >= 15 is 0 Å². The van der Waals surface area contributed by atoms with Gasteiger partial charge in [-0.1, -0.05) is 12.7 Å². The van der Waals surface area contributed by atoms with Crippen LogP contribution in [-0.2, 0) is 14.3 Å². The van der Waals surface area contributed by atoms with Gasteiger partial charge in [0.05, 0.1) is 13.0 Å². The van der Waals surface area contributed by atoms with Crippen molar-refractivity contribution in [1.29, 1.82) is 0 Å². The van der Waals surface area contributed by atoms with Gasteiger partial charge in [0, 0.05) is 18.7 Å². The van der Waals surface area contributed by atoms with Gasteiger partial charge >= 0.3 is 5.97 Å². The average Bonchev–Trinajstić information content (AvgIpc) is 2.87. The minimum Gasteiger partial charge on any atom is -0.490 e. The summed E-state index contributed by atoms with van der Waals surface area (Å²) in [7, 11) is 1.33. The largest absolute Gasteiger partial charge is 0.490 e. The van der Waals surface area contributed by atoms with Crippen LogP contribution in [0.15, 0.2) is 36.9 Å². The second-order valence-corrected chi connectivity index (χ2v) is 4.52. The van der Waals surface area contributed by atoms with E-state index in [0.717, 1.165) is 5.69 Å². The highest BCUT2D eigenvalue weighted by Crippen LogP contribution is 2.27. The van der Waals surface area contributed by atoms with Crippen molar-refractivity contribution in [2.45, 2.75) is 6.42 Å². The van der Waals surface area contributed by atoms with Gasteiger partial charge in [0.15, 0.2) is 0 Å². The Bertz CT molecular complexity index is 509. The van der Waals surface area contributed by atoms with Gasteiger partial charge in [-0.15, -0.1) is 0 Å². The Kier molecular flexibility index (Phi) is 4.40. The lowest BCUT2D eigenvalue weighted by molar-refractivity contribution is -0.145. The first-order valence-corrected chi connectivity index (χ1v) is 6.37. The van der Waals surface area contributed by atoms with Crippen molar-refractivity contribution in [3.8, 4) is 5.75 Å². The summed E-state index contributed by atoms with van der Waals surface area (Å²) in [6.45, 7) is 4.37. The lowest BCUT2D eigenvalue weighted by Crippen LogP contribution is -2.26. The molecule has 0 radical (unpaired) electrons. The molecule has 1 aliphatic rings. The van der Waals surface area contributed by atoms with Crippen molar-refractivity contribution in [2.75, 3.05) is 25.2 Å². The average molecular weight is 275 g/mol. The Morgan fingerprint density at radius 3 is 2.75 bits per heavy atom. The second kappa shape index (κ2) is 6.23. The third-order valence-electron chi connectivity index (χ3n) is 3.18. The molecule has 1 aromatic carbocycles. The predicted molar refractivity (Wildman–Crippen MR) is 74.6 cm³/mol. The van der Waals surface area contributed by atoms with Crippen LogP contribution in [0.25, 0.3) is 0 Å². The summed E-state index contributed by atoms with van der Waals surface area (Å²) in [5.74, 6) is -0.0825. The number of benzene rings is 1. The summed E-state index contributed by atoms with van der Waals surface area (Å²) >= 11 is 0. The monoisotopic (exact) mass is 275 g/mol. The van der Waals surface area contributed by atoms with Gasteiger partial charge in [-0.25, -0.2) is 0 Å². The summed E-state index contributed by atoms with van der Waals surface area (Å²) < 4.78 is 10.1. The Labute approximate surface area is 117 Å². The molecule has 0 aromatic heterocycles. The number of rotatable bonds is 5. The molecular formula is C15H17NO4. The first-order chi connectivity index (χ1) is 9.65. The number of carbonyl (C=O) groups excluding carboxylic acids is 2. The topological polar surface area (TPSA) is 55.8 Å². The van der Waals surface area contributed by atoms with Crippen LogP contribution in [0.3, 0.4) is 0 Å². The normalized spacial score (nSPS) is 17.9. The predicted octanol–water partition coefficient (Wildman–Crippen LogP) is 1.78. The van der Waals surface area contributed by atoms with Gasteiger partial charge < -0.3 is 14.4 Å². The number of nitrogens with zero attached hydrogens (tertiary/aromatic N) is 1. The molecule has 0 N–H and O–H groups in total. The number of anilines is 1. The molecule has 5 heteroatoms. The van der Waals surface area contributed by atoms with E-state index in [9.17, 15) is 9.59 Å². The van der Waals surface area contributed by atoms with E-state index in [4.69, 9.17) is 4.74 Å². The molecular weight excluding hydrogens is 258 g/mol. The van der Waals surface area contributed by atoms with Crippen LogP contribution in [0.5, 0.6) is 5.75 Å². The fraction of sp³-hybridized carbons (Fsp3) is 0.333. The molecule has 1 saturated heterocycles. The molecule has 1 fully saturated rings. The van der Waals surface area contributed by atoms with E-state index in [2.05, 4.69) is 11.3 Å². The van der Waals surface area contributed by atoms with E-state index in [0.29, 0.717) is 18.9 Å². The van der Waals surface area contributed by atoms with Gasteiger partial charge in [0.2, 0.25) is 5.91 Å². The quantitative estimate of drug-likeness (QED) is 0.607. The zero-order chi connectivity index (χ0) is 14.5. The molecule has 106 valence electrons. The molecule has 1 atom stereocenters. The highest BCUT2D eigenvalue weighted by molar-refractivity contribution is 5.99. The van der Waals surface area contributed by atoms with E-state index in [1.165, 1.54) is 7.11 Å². The highest BCUT2D eigenvalue weighted by Gasteiger charge is 2.35. The third kappa shape index (κ3) is 2.99. The van der Waals surface area contributed by atoms with Gasteiger partial charge in [-0.3, -0.25) is 9.59 Å². The zero-order valence-corrected chi connectivity index (χ0v) is 11.4. The van der Waals surface area contributed by atoms with Gasteiger partial charge in [0.1, 0.15) is 12.4 Å². The molecule has 20 heavy (non-hydrogen) atoms. The van der Waals surface area contributed by atoms with Crippen LogP contribution in [0.2, 0.25) is 0 Å². The van der Waals surface area contributed by atoms with Crippen LogP contribution < -0.4 is 9.64 Å². The van der Waals surface area contributed by atoms with Crippen molar-refractivity contribution in [3.63, 3.8) is 0 Å². The number of methoxy groups -OCH3 is 1. The first kappa shape index (κ1) is 14.1. The molecule has 1 aliphatic heterocycles. The summed E-state index contributed by atoms with van der Waals surface area (Å²) in [5.41, 5.74) is 0.757. The fourth-order valence-corrected chi connectivity index (χ4v) is 2.16. The first-order valence-electron chi connectivity index (χ1n) is 6.37. The summed E-state index contributed by atoms with van der Waals surface area (Å²) in [4.78, 5) is 25.0. The van der Waals surface area contributed by atoms with Crippen molar-refractivity contribution in [2.24, 2.45) is 5.92 Å². The minimum atomic E-state index is -0.385. The second-order valence-electron chi connectivity index (χ2n) is 4.52. The zero-order valence-electron chi connectivity index (χ0n) is 11.4. The number of hydrogen-bond acceptors (Lipinski definition) is 4. The summed E-state index contributed by atoms with van der Waals surface area (Å²) in [5, 5.41) is 0. The lowest BCUT2D eigenvalue weighted by atomic mass is 10.1. The Balaban J connectivity index is 2.06. The number of ether oxygens (including phenoxy) is 2. The number of hydrogen-bond donors (Lipinski definition) is 0. The molecule has 0 aliphatic carbocycles. The van der Waals surface area contributed by atoms with Crippen LogP contribution in [0, 0.1) is 5.92 Å². The molecule has 1 heterocycles. The van der Waals surface area contributed by atoms with Gasteiger partial charge in [-0.05, 0) is 24.3 Å². The summed E-state index contributed by atoms with van der Waals surface area (Å²) in [6, 6.07) is 7.18. The molecule has 2 rings (SSSR count). The van der Waals surface area contributed by atoms with Crippen LogP contribution in [0.4, 0.5) is 5.69 Å². The van der Waals surface area contributed by atoms with E-state index < -0.39 is 0 Å². The van der Waals surface area contributed by atoms with Crippen LogP contribution >= 0.6 is 0 Å². The van der Waals surface area contributed by atoms with Gasteiger partial charge in [-0.2, -0.15) is 0 Å². The fourth-order valence-electron chi connectivity index (χ4n) is 2.16. The van der Waals surface area contributed by atoms with E-state index in [1.54, 1.807) is 35.2 Å². The Morgan fingerprint density at radius 2 is 2.15 bits per heavy atom. The molecule has 0 bridgehead atoms. The minimum absolute atomic E-state index is 0.0693. The lowest BCUT2D eigenvalue weighted by Gasteiger charge is -2.16. The molecule has 1 unspecified atom stereocenters.